The molecule has 1 fully saturated rings. The molecule has 2 aliphatic rings. The fraction of sp³-hybridized carbons (Fsp3) is 0.464. The molecule has 1 aromatic carbocycles. The molecule has 1 spiro atoms. The predicted molar refractivity (Wildman–Crippen MR) is 147 cm³/mol. The van der Waals surface area contributed by atoms with E-state index in [0.717, 1.165) is 56.2 Å². The van der Waals surface area contributed by atoms with Crippen LogP contribution in [0, 0.1) is 13.8 Å². The van der Waals surface area contributed by atoms with Crippen LogP contribution in [0.5, 0.6) is 0 Å². The Bertz CT molecular complexity index is 1460. The lowest BCUT2D eigenvalue weighted by Crippen LogP contribution is -2.40. The van der Waals surface area contributed by atoms with Gasteiger partial charge in [0.05, 0.1) is 30.0 Å². The van der Waals surface area contributed by atoms with Crippen LogP contribution in [0.15, 0.2) is 36.5 Å². The summed E-state index contributed by atoms with van der Waals surface area (Å²) in [4.78, 5) is 29.9. The number of anilines is 1. The maximum Gasteiger partial charge on any atom is 0.490 e. The highest BCUT2D eigenvalue weighted by Crippen LogP contribution is 2.40. The Morgan fingerprint density at radius 2 is 1.64 bits per heavy atom. The van der Waals surface area contributed by atoms with Crippen LogP contribution in [0.4, 0.5) is 32.3 Å². The lowest BCUT2D eigenvalue weighted by atomic mass is 9.80. The number of likely N-dealkylation sites (tertiary alicyclic amines) is 1. The number of nitrogens with zero attached hydrogens (tertiary/aromatic N) is 5. The van der Waals surface area contributed by atoms with Gasteiger partial charge in [-0.1, -0.05) is 30.3 Å². The van der Waals surface area contributed by atoms with Crippen LogP contribution in [0.3, 0.4) is 0 Å². The summed E-state index contributed by atoms with van der Waals surface area (Å²) in [6, 6.07) is 10.4. The number of benzene rings is 1. The van der Waals surface area contributed by atoms with E-state index in [1.807, 2.05) is 24.0 Å². The number of aryl methyl sites for hydroxylation is 2. The van der Waals surface area contributed by atoms with Gasteiger partial charge in [0.1, 0.15) is 0 Å². The molecule has 2 aliphatic heterocycles. The van der Waals surface area contributed by atoms with E-state index < -0.39 is 24.3 Å². The van der Waals surface area contributed by atoms with Gasteiger partial charge in [-0.25, -0.2) is 19.6 Å². The van der Waals surface area contributed by atoms with E-state index >= 15 is 0 Å². The number of aromatic nitrogens is 4. The first kappa shape index (κ1) is 35.2. The van der Waals surface area contributed by atoms with Crippen molar-refractivity contribution in [2.24, 2.45) is 7.05 Å². The Kier molecular flexibility index (Phi) is 11.1. The van der Waals surface area contributed by atoms with Gasteiger partial charge in [-0.2, -0.15) is 31.4 Å². The van der Waals surface area contributed by atoms with Crippen molar-refractivity contribution in [1.82, 2.24) is 24.6 Å². The normalized spacial score (nSPS) is 17.9. The third kappa shape index (κ3) is 9.37. The summed E-state index contributed by atoms with van der Waals surface area (Å²) in [6.45, 7) is 9.19. The lowest BCUT2D eigenvalue weighted by Gasteiger charge is -2.34. The van der Waals surface area contributed by atoms with Crippen molar-refractivity contribution in [3.63, 3.8) is 0 Å². The van der Waals surface area contributed by atoms with Gasteiger partial charge in [-0.15, -0.1) is 0 Å². The zero-order valence-corrected chi connectivity index (χ0v) is 24.5. The molecule has 45 heavy (non-hydrogen) atoms. The average molecular weight is 647 g/mol. The molecule has 0 amide bonds. The number of alkyl halides is 6. The van der Waals surface area contributed by atoms with Gasteiger partial charge in [0, 0.05) is 49.7 Å². The first-order valence-corrected chi connectivity index (χ1v) is 13.5. The minimum absolute atomic E-state index is 0.0658. The highest BCUT2D eigenvalue weighted by Gasteiger charge is 2.45. The van der Waals surface area contributed by atoms with Crippen LogP contribution in [0.1, 0.15) is 40.2 Å². The molecule has 3 aromatic rings. The first-order chi connectivity index (χ1) is 20.9. The second-order valence-electron chi connectivity index (χ2n) is 10.5. The molecular formula is C28H32F6N6O5. The molecule has 17 heteroatoms. The maximum atomic E-state index is 10.6. The quantitative estimate of drug-likeness (QED) is 0.342. The highest BCUT2D eigenvalue weighted by atomic mass is 19.4. The van der Waals surface area contributed by atoms with Gasteiger partial charge in [-0.3, -0.25) is 9.58 Å². The summed E-state index contributed by atoms with van der Waals surface area (Å²) in [6.07, 6.45) is -7.18. The highest BCUT2D eigenvalue weighted by molar-refractivity contribution is 5.73. The molecule has 246 valence electrons. The minimum Gasteiger partial charge on any atom is -0.475 e. The fourth-order valence-electron chi connectivity index (χ4n) is 4.93. The number of nitrogens with one attached hydrogen (secondary N) is 1. The van der Waals surface area contributed by atoms with Gasteiger partial charge in [0.15, 0.2) is 0 Å². The molecule has 0 bridgehead atoms. The number of halogens is 6. The number of aliphatic carboxylic acids is 2. The molecule has 1 unspecified atom stereocenters. The van der Waals surface area contributed by atoms with E-state index in [9.17, 15) is 26.3 Å². The van der Waals surface area contributed by atoms with E-state index in [4.69, 9.17) is 29.5 Å². The zero-order chi connectivity index (χ0) is 33.6. The van der Waals surface area contributed by atoms with E-state index in [-0.39, 0.29) is 5.41 Å². The number of fused-ring (bicyclic) bond motifs is 2. The van der Waals surface area contributed by atoms with E-state index in [2.05, 4.69) is 58.4 Å². The van der Waals surface area contributed by atoms with Crippen LogP contribution >= 0.6 is 0 Å². The van der Waals surface area contributed by atoms with Crippen LogP contribution in [-0.2, 0) is 46.5 Å². The Morgan fingerprint density at radius 3 is 2.18 bits per heavy atom. The molecule has 5 rings (SSSR count). The second kappa shape index (κ2) is 14.2. The van der Waals surface area contributed by atoms with Gasteiger partial charge in [0.2, 0.25) is 5.95 Å². The average Bonchev–Trinajstić information content (AvgIpc) is 3.48. The summed E-state index contributed by atoms with van der Waals surface area (Å²) in [5.41, 5.74) is 7.13. The van der Waals surface area contributed by atoms with Crippen LogP contribution < -0.4 is 5.32 Å². The smallest absolute Gasteiger partial charge is 0.475 e. The Labute approximate surface area is 253 Å². The number of carbonyl (C=O) groups is 2. The molecule has 1 atom stereocenters. The second-order valence-corrected chi connectivity index (χ2v) is 10.5. The standard InChI is InChI=1S/C24H30N6O.2C2HF3O2/c1-17-21(18(2)29(3)28-17)13-30-10-9-24(15-30)16-31-14-20-12-26-23(27-22(20)24)25-11-19-7-5-4-6-8-19;2*3-2(4,5)1(6)7/h4-8,12H,9-11,13-16H2,1-3H3,(H,25,26,27);2*(H,6,7). The third-order valence-corrected chi connectivity index (χ3v) is 7.25. The van der Waals surface area contributed by atoms with Crippen molar-refractivity contribution in [2.75, 3.05) is 25.0 Å². The van der Waals surface area contributed by atoms with Gasteiger partial charge in [0.25, 0.3) is 0 Å². The van der Waals surface area contributed by atoms with Crippen molar-refractivity contribution in [3.8, 4) is 0 Å². The molecule has 4 heterocycles. The van der Waals surface area contributed by atoms with E-state index in [1.165, 1.54) is 16.8 Å². The summed E-state index contributed by atoms with van der Waals surface area (Å²) >= 11 is 0. The molecule has 1 saturated heterocycles. The summed E-state index contributed by atoms with van der Waals surface area (Å²) in [5, 5.41) is 22.2. The number of rotatable bonds is 5. The predicted octanol–water partition coefficient (Wildman–Crippen LogP) is 4.38. The molecule has 0 radical (unpaired) electrons. The minimum atomic E-state index is -5.08. The monoisotopic (exact) mass is 646 g/mol. The first-order valence-electron chi connectivity index (χ1n) is 13.5. The molecule has 2 aromatic heterocycles. The van der Waals surface area contributed by atoms with Gasteiger partial charge in [-0.05, 0) is 32.4 Å². The van der Waals surface area contributed by atoms with Crippen LogP contribution in [-0.4, -0.2) is 78.8 Å². The summed E-state index contributed by atoms with van der Waals surface area (Å²) in [7, 11) is 2.02. The molecule has 0 aliphatic carbocycles. The van der Waals surface area contributed by atoms with Gasteiger partial charge >= 0.3 is 24.3 Å². The molecule has 0 saturated carbocycles. The SMILES string of the molecule is Cc1nn(C)c(C)c1CN1CCC2(COCc3cnc(NCc4ccccc4)nc32)C1.O=C(O)C(F)(F)F.O=C(O)C(F)(F)F. The summed E-state index contributed by atoms with van der Waals surface area (Å²) < 4.78 is 71.5. The largest absolute Gasteiger partial charge is 0.490 e. The van der Waals surface area contributed by atoms with Gasteiger partial charge < -0.3 is 20.3 Å². The van der Waals surface area contributed by atoms with Crippen molar-refractivity contribution in [2.45, 2.75) is 57.7 Å². The summed E-state index contributed by atoms with van der Waals surface area (Å²) in [5.74, 6) is -4.82. The van der Waals surface area contributed by atoms with E-state index in [0.29, 0.717) is 12.6 Å². The zero-order valence-electron chi connectivity index (χ0n) is 24.5. The van der Waals surface area contributed by atoms with Crippen LogP contribution in [0.2, 0.25) is 0 Å². The number of hydrogen-bond donors (Lipinski definition) is 3. The number of carboxylic acids is 2. The van der Waals surface area contributed by atoms with Crippen molar-refractivity contribution in [1.29, 1.82) is 0 Å². The fourth-order valence-corrected chi connectivity index (χ4v) is 4.93. The molecular weight excluding hydrogens is 614 g/mol. The Hall–Kier alpha value is -4.25. The Balaban J connectivity index is 0.000000331. The van der Waals surface area contributed by atoms with E-state index in [1.54, 1.807) is 0 Å². The number of carboxylic acid groups (broad SMARTS) is 2. The molecule has 3 N–H and O–H groups in total. The molecule has 11 nitrogen and oxygen atoms in total. The van der Waals surface area contributed by atoms with Crippen molar-refractivity contribution >= 4 is 17.9 Å². The number of ether oxygens (including phenoxy) is 1. The van der Waals surface area contributed by atoms with Crippen molar-refractivity contribution in [3.05, 3.63) is 70.3 Å². The van der Waals surface area contributed by atoms with Crippen molar-refractivity contribution < 1.29 is 50.9 Å². The Morgan fingerprint density at radius 1 is 1.04 bits per heavy atom. The maximum absolute atomic E-state index is 10.6. The topological polar surface area (TPSA) is 143 Å². The van der Waals surface area contributed by atoms with Crippen LogP contribution in [0.25, 0.3) is 0 Å². The number of hydrogen-bond acceptors (Lipinski definition) is 8. The lowest BCUT2D eigenvalue weighted by molar-refractivity contribution is -0.193. The third-order valence-electron chi connectivity index (χ3n) is 7.25.